The molecular formula is C35H54N8O13. The third-order valence-corrected chi connectivity index (χ3v) is 8.46. The largest absolute Gasteiger partial charge is 0.481 e. The van der Waals surface area contributed by atoms with E-state index in [0.717, 1.165) is 6.92 Å². The van der Waals surface area contributed by atoms with E-state index in [0.29, 0.717) is 11.3 Å². The highest BCUT2D eigenvalue weighted by Crippen LogP contribution is 2.16. The molecule has 21 heteroatoms. The number of hydrogen-bond donors (Lipinski definition) is 9. The molecule has 9 amide bonds. The van der Waals surface area contributed by atoms with Crippen LogP contribution in [0.1, 0.15) is 80.1 Å². The van der Waals surface area contributed by atoms with Crippen LogP contribution in [0.25, 0.3) is 0 Å². The smallest absolute Gasteiger partial charge is 0.325 e. The summed E-state index contributed by atoms with van der Waals surface area (Å²) < 4.78 is 0. The zero-order valence-corrected chi connectivity index (χ0v) is 32.4. The van der Waals surface area contributed by atoms with Crippen molar-refractivity contribution in [3.63, 3.8) is 0 Å². The highest BCUT2D eigenvalue weighted by molar-refractivity contribution is 6.38. The van der Waals surface area contributed by atoms with Crippen LogP contribution in [0.3, 0.4) is 0 Å². The van der Waals surface area contributed by atoms with Gasteiger partial charge in [-0.05, 0) is 31.1 Å². The van der Waals surface area contributed by atoms with Gasteiger partial charge in [0.15, 0.2) is 0 Å². The van der Waals surface area contributed by atoms with Gasteiger partial charge in [0.25, 0.3) is 11.8 Å². The van der Waals surface area contributed by atoms with Gasteiger partial charge in [0.2, 0.25) is 35.3 Å². The van der Waals surface area contributed by atoms with Crippen molar-refractivity contribution in [1.82, 2.24) is 42.1 Å². The molecule has 0 radical (unpaired) electrons. The average Bonchev–Trinajstić information content (AvgIpc) is 3.51. The van der Waals surface area contributed by atoms with Crippen LogP contribution in [0, 0.1) is 11.8 Å². The molecule has 0 saturated carbocycles. The molecule has 1 aliphatic heterocycles. The Balaban J connectivity index is 3.29. The van der Waals surface area contributed by atoms with Crippen molar-refractivity contribution in [3.05, 3.63) is 12.7 Å². The predicted octanol–water partition coefficient (Wildman–Crippen LogP) is -1.94. The Labute approximate surface area is 323 Å². The second-order valence-corrected chi connectivity index (χ2v) is 13.8. The summed E-state index contributed by atoms with van der Waals surface area (Å²) >= 11 is 0. The van der Waals surface area contributed by atoms with Crippen molar-refractivity contribution in [2.45, 2.75) is 116 Å². The Hall–Kier alpha value is -5.89. The summed E-state index contributed by atoms with van der Waals surface area (Å²) in [6.07, 6.45) is -0.116. The van der Waals surface area contributed by atoms with Crippen molar-refractivity contribution >= 4 is 65.1 Å². The van der Waals surface area contributed by atoms with Gasteiger partial charge in [0.05, 0.1) is 6.04 Å². The average molecular weight is 795 g/mol. The highest BCUT2D eigenvalue weighted by atomic mass is 16.4. The van der Waals surface area contributed by atoms with Gasteiger partial charge >= 0.3 is 18.0 Å². The lowest BCUT2D eigenvalue weighted by atomic mass is 9.98. The number of carboxylic acid groups (broad SMARTS) is 2. The standard InChI is InChI=1S/C35H54N8O13/c1-8-10-20(28(49)33(54)36-15-9-2)39-31(52)23-16-37-35(56)43(23)34(55)27(18(5)6)42-32(53)26(17(3)4)41-30(51)22(12-14-25(47)48)40-29(50)21(38-19(7)44)11-13-24(45)46/h9,17-18,20-23,26-27H,2,8,10-16H2,1,3-7H3,(H,36,54)(H,37,56)(H,38,44)(H,39,52)(H,40,50)(H,41,51)(H,42,53)(H,45,46)(H,47,48)/t20?,21-,22-,23?,26-,27-/m0/s1. The van der Waals surface area contributed by atoms with E-state index in [4.69, 9.17) is 5.11 Å². The number of hydrogen-bond acceptors (Lipinski definition) is 11. The minimum Gasteiger partial charge on any atom is -0.481 e. The van der Waals surface area contributed by atoms with Gasteiger partial charge in [-0.15, -0.1) is 6.58 Å². The Bertz CT molecular complexity index is 1530. The molecule has 0 aromatic carbocycles. The molecular weight excluding hydrogens is 740 g/mol. The summed E-state index contributed by atoms with van der Waals surface area (Å²) in [5.74, 6) is -11.4. The number of Topliss-reactive ketones (excluding diaryl/α,β-unsaturated/α-hetero) is 1. The van der Waals surface area contributed by atoms with Crippen molar-refractivity contribution in [2.24, 2.45) is 11.8 Å². The SMILES string of the molecule is C=CCNC(=O)C(=O)C(CCC)NC(=O)C1CNC(=O)N1C(=O)[C@@H](NC(=O)[C@@H](NC(=O)[C@H](CCC(=O)O)NC(=O)[C@H](CCC(=O)O)NC(C)=O)C(C)C)C(C)C. The molecule has 0 spiro atoms. The molecule has 1 aliphatic rings. The molecule has 2 unspecified atom stereocenters. The maximum Gasteiger partial charge on any atom is 0.325 e. The molecule has 56 heavy (non-hydrogen) atoms. The number of carbonyl (C=O) groups excluding carboxylic acids is 9. The van der Waals surface area contributed by atoms with Gasteiger partial charge in [-0.25, -0.2) is 9.69 Å². The molecule has 0 aliphatic carbocycles. The zero-order chi connectivity index (χ0) is 42.9. The van der Waals surface area contributed by atoms with E-state index in [1.165, 1.54) is 6.08 Å². The lowest BCUT2D eigenvalue weighted by Crippen LogP contribution is -2.62. The molecule has 1 rings (SSSR count). The molecule has 0 aromatic rings. The quantitative estimate of drug-likeness (QED) is 0.0380. The first-order chi connectivity index (χ1) is 26.2. The number of nitrogens with one attached hydrogen (secondary N) is 7. The summed E-state index contributed by atoms with van der Waals surface area (Å²) in [6, 6.07) is -9.53. The molecule has 312 valence electrons. The summed E-state index contributed by atoms with van der Waals surface area (Å²) in [4.78, 5) is 140. The minimum atomic E-state index is -1.57. The summed E-state index contributed by atoms with van der Waals surface area (Å²) in [5, 5.41) is 35.0. The van der Waals surface area contributed by atoms with Crippen LogP contribution in [-0.2, 0) is 47.9 Å². The van der Waals surface area contributed by atoms with Crippen LogP contribution < -0.4 is 37.2 Å². The first-order valence-electron chi connectivity index (χ1n) is 18.1. The fourth-order valence-corrected chi connectivity index (χ4v) is 5.49. The molecule has 6 atom stereocenters. The minimum absolute atomic E-state index is 0.00273. The number of carbonyl (C=O) groups is 11. The number of ketones is 1. The molecule has 0 bridgehead atoms. The monoisotopic (exact) mass is 794 g/mol. The number of carboxylic acids is 2. The van der Waals surface area contributed by atoms with E-state index in [-0.39, 0.29) is 25.9 Å². The summed E-state index contributed by atoms with van der Waals surface area (Å²) in [7, 11) is 0. The number of urea groups is 1. The maximum absolute atomic E-state index is 13.9. The van der Waals surface area contributed by atoms with E-state index in [1.54, 1.807) is 34.6 Å². The number of aliphatic carboxylic acids is 2. The third-order valence-electron chi connectivity index (χ3n) is 8.46. The van der Waals surface area contributed by atoms with E-state index in [2.05, 4.69) is 43.8 Å². The van der Waals surface area contributed by atoms with Crippen LogP contribution in [0.4, 0.5) is 4.79 Å². The molecule has 1 heterocycles. The van der Waals surface area contributed by atoms with Crippen LogP contribution in [0.15, 0.2) is 12.7 Å². The Morgan fingerprint density at radius 2 is 1.29 bits per heavy atom. The molecule has 0 aromatic heterocycles. The molecule has 9 N–H and O–H groups in total. The second kappa shape index (κ2) is 23.1. The number of rotatable bonds is 24. The van der Waals surface area contributed by atoms with E-state index < -0.39 is 132 Å². The normalized spacial score (nSPS) is 16.2. The van der Waals surface area contributed by atoms with Gasteiger partial charge in [-0.2, -0.15) is 0 Å². The summed E-state index contributed by atoms with van der Waals surface area (Å²) in [5.41, 5.74) is 0. The highest BCUT2D eigenvalue weighted by Gasteiger charge is 2.45. The number of amides is 9. The van der Waals surface area contributed by atoms with Gasteiger partial charge in [0.1, 0.15) is 30.2 Å². The van der Waals surface area contributed by atoms with Crippen molar-refractivity contribution in [2.75, 3.05) is 13.1 Å². The first-order valence-corrected chi connectivity index (χ1v) is 18.1. The third kappa shape index (κ3) is 15.1. The van der Waals surface area contributed by atoms with Gasteiger partial charge in [-0.3, -0.25) is 47.9 Å². The van der Waals surface area contributed by atoms with Gasteiger partial charge < -0.3 is 47.4 Å². The summed E-state index contributed by atoms with van der Waals surface area (Å²) in [6.45, 7) is 12.1. The van der Waals surface area contributed by atoms with Crippen LogP contribution >= 0.6 is 0 Å². The van der Waals surface area contributed by atoms with Crippen LogP contribution in [-0.4, -0.2) is 130 Å². The lowest BCUT2D eigenvalue weighted by Gasteiger charge is -2.31. The fraction of sp³-hybridized carbons (Fsp3) is 0.629. The van der Waals surface area contributed by atoms with E-state index >= 15 is 0 Å². The Morgan fingerprint density at radius 3 is 1.77 bits per heavy atom. The van der Waals surface area contributed by atoms with Crippen molar-refractivity contribution in [1.29, 1.82) is 0 Å². The fourth-order valence-electron chi connectivity index (χ4n) is 5.49. The second-order valence-electron chi connectivity index (χ2n) is 13.8. The predicted molar refractivity (Wildman–Crippen MR) is 196 cm³/mol. The van der Waals surface area contributed by atoms with Gasteiger partial charge in [0, 0.05) is 32.9 Å². The van der Waals surface area contributed by atoms with E-state index in [9.17, 15) is 57.8 Å². The van der Waals surface area contributed by atoms with E-state index in [1.807, 2.05) is 0 Å². The topological polar surface area (TPSA) is 316 Å². The van der Waals surface area contributed by atoms with Crippen molar-refractivity contribution < 1.29 is 63.0 Å². The van der Waals surface area contributed by atoms with Gasteiger partial charge in [-0.1, -0.05) is 47.1 Å². The molecule has 21 nitrogen and oxygen atoms in total. The lowest BCUT2D eigenvalue weighted by molar-refractivity contribution is -0.142. The van der Waals surface area contributed by atoms with Crippen LogP contribution in [0.5, 0.6) is 0 Å². The number of nitrogens with zero attached hydrogens (tertiary/aromatic N) is 1. The maximum atomic E-state index is 13.9. The Kier molecular flexibility index (Phi) is 19.9. The first kappa shape index (κ1) is 48.1. The Morgan fingerprint density at radius 1 is 0.768 bits per heavy atom. The molecule has 1 fully saturated rings. The van der Waals surface area contributed by atoms with Crippen LogP contribution in [0.2, 0.25) is 0 Å². The molecule has 1 saturated heterocycles. The van der Waals surface area contributed by atoms with Crippen molar-refractivity contribution in [3.8, 4) is 0 Å². The number of imide groups is 1. The zero-order valence-electron chi connectivity index (χ0n) is 32.4.